The molecule has 0 aliphatic heterocycles. The van der Waals surface area contributed by atoms with Gasteiger partial charge in [0.1, 0.15) is 0 Å². The van der Waals surface area contributed by atoms with Gasteiger partial charge in [0.2, 0.25) is 0 Å². The van der Waals surface area contributed by atoms with E-state index in [-0.39, 0.29) is 18.2 Å². The van der Waals surface area contributed by atoms with E-state index in [9.17, 15) is 9.59 Å². The molecular weight excluding hydrogens is 222 g/mol. The van der Waals surface area contributed by atoms with Crippen molar-refractivity contribution in [2.75, 3.05) is 6.54 Å². The van der Waals surface area contributed by atoms with E-state index in [1.807, 2.05) is 6.92 Å². The first-order valence-corrected chi connectivity index (χ1v) is 5.54. The van der Waals surface area contributed by atoms with Gasteiger partial charge in [-0.15, -0.1) is 0 Å². The average molecular weight is 239 g/mol. The third kappa shape index (κ3) is 4.30. The van der Waals surface area contributed by atoms with Gasteiger partial charge < -0.3 is 14.8 Å². The standard InChI is InChI=1S/C12H17NO4/c1-8(3-4-10(14)15)7-13-12(16)11-9(2)5-6-17-11/h5-6,8H,3-4,7H2,1-2H3,(H,13,16)(H,14,15). The Morgan fingerprint density at radius 1 is 1.53 bits per heavy atom. The van der Waals surface area contributed by atoms with E-state index in [2.05, 4.69) is 5.32 Å². The normalized spacial score (nSPS) is 12.1. The summed E-state index contributed by atoms with van der Waals surface area (Å²) in [5, 5.41) is 11.2. The van der Waals surface area contributed by atoms with Crippen LogP contribution in [-0.2, 0) is 4.79 Å². The number of hydrogen-bond acceptors (Lipinski definition) is 3. The number of nitrogens with one attached hydrogen (secondary N) is 1. The minimum atomic E-state index is -0.815. The quantitative estimate of drug-likeness (QED) is 0.793. The molecule has 0 aliphatic rings. The van der Waals surface area contributed by atoms with E-state index < -0.39 is 5.97 Å². The minimum absolute atomic E-state index is 0.122. The predicted molar refractivity (Wildman–Crippen MR) is 61.8 cm³/mol. The molecule has 0 saturated heterocycles. The Bertz CT molecular complexity index is 397. The smallest absolute Gasteiger partial charge is 0.303 e. The maximum Gasteiger partial charge on any atom is 0.303 e. The number of carboxylic acids is 1. The zero-order valence-electron chi connectivity index (χ0n) is 10.0. The molecular formula is C12H17NO4. The first kappa shape index (κ1) is 13.3. The Balaban J connectivity index is 2.33. The predicted octanol–water partition coefficient (Wildman–Crippen LogP) is 1.82. The Kier molecular flexibility index (Phi) is 4.75. The summed E-state index contributed by atoms with van der Waals surface area (Å²) in [5.74, 6) is -0.625. The van der Waals surface area contributed by atoms with Gasteiger partial charge in [0.25, 0.3) is 5.91 Å². The molecule has 0 spiro atoms. The second-order valence-electron chi connectivity index (χ2n) is 4.18. The van der Waals surface area contributed by atoms with Crippen LogP contribution in [0, 0.1) is 12.8 Å². The van der Waals surface area contributed by atoms with Crippen molar-refractivity contribution in [1.82, 2.24) is 5.32 Å². The lowest BCUT2D eigenvalue weighted by molar-refractivity contribution is -0.137. The number of aliphatic carboxylic acids is 1. The number of rotatable bonds is 6. The second kappa shape index (κ2) is 6.08. The van der Waals surface area contributed by atoms with Crippen molar-refractivity contribution in [3.63, 3.8) is 0 Å². The summed E-state index contributed by atoms with van der Waals surface area (Å²) >= 11 is 0. The summed E-state index contributed by atoms with van der Waals surface area (Å²) in [6.07, 6.45) is 2.14. The van der Waals surface area contributed by atoms with Crippen molar-refractivity contribution in [2.24, 2.45) is 5.92 Å². The first-order chi connectivity index (χ1) is 8.00. The van der Waals surface area contributed by atoms with E-state index in [4.69, 9.17) is 9.52 Å². The van der Waals surface area contributed by atoms with Crippen molar-refractivity contribution in [2.45, 2.75) is 26.7 Å². The molecule has 1 unspecified atom stereocenters. The summed E-state index contributed by atoms with van der Waals surface area (Å²) in [6.45, 7) is 4.15. The molecule has 2 N–H and O–H groups in total. The first-order valence-electron chi connectivity index (χ1n) is 5.54. The van der Waals surface area contributed by atoms with Crippen LogP contribution in [0.25, 0.3) is 0 Å². The molecule has 1 atom stereocenters. The van der Waals surface area contributed by atoms with E-state index in [1.54, 1.807) is 13.0 Å². The summed E-state index contributed by atoms with van der Waals surface area (Å²) in [5.41, 5.74) is 0.792. The van der Waals surface area contributed by atoms with Gasteiger partial charge >= 0.3 is 5.97 Å². The van der Waals surface area contributed by atoms with Crippen molar-refractivity contribution in [1.29, 1.82) is 0 Å². The monoisotopic (exact) mass is 239 g/mol. The fourth-order valence-corrected chi connectivity index (χ4v) is 1.42. The topological polar surface area (TPSA) is 79.5 Å². The highest BCUT2D eigenvalue weighted by atomic mass is 16.4. The molecule has 94 valence electrons. The molecule has 0 fully saturated rings. The van der Waals surface area contributed by atoms with E-state index in [0.717, 1.165) is 5.56 Å². The Labute approximate surface area is 99.8 Å². The molecule has 0 aromatic carbocycles. The van der Waals surface area contributed by atoms with Crippen LogP contribution in [0.4, 0.5) is 0 Å². The van der Waals surface area contributed by atoms with Crippen LogP contribution in [0.2, 0.25) is 0 Å². The molecule has 1 heterocycles. The van der Waals surface area contributed by atoms with E-state index in [1.165, 1.54) is 6.26 Å². The zero-order valence-corrected chi connectivity index (χ0v) is 10.0. The second-order valence-corrected chi connectivity index (χ2v) is 4.18. The molecule has 1 rings (SSSR count). The van der Waals surface area contributed by atoms with Gasteiger partial charge in [0, 0.05) is 18.5 Å². The molecule has 1 aromatic heterocycles. The third-order valence-corrected chi connectivity index (χ3v) is 2.53. The highest BCUT2D eigenvalue weighted by Gasteiger charge is 2.13. The van der Waals surface area contributed by atoms with Gasteiger partial charge in [-0.05, 0) is 25.3 Å². The zero-order chi connectivity index (χ0) is 12.8. The van der Waals surface area contributed by atoms with Crippen LogP contribution in [0.15, 0.2) is 16.7 Å². The number of hydrogen-bond donors (Lipinski definition) is 2. The molecule has 0 saturated carbocycles. The molecule has 0 radical (unpaired) electrons. The largest absolute Gasteiger partial charge is 0.481 e. The van der Waals surface area contributed by atoms with Crippen LogP contribution >= 0.6 is 0 Å². The highest BCUT2D eigenvalue weighted by molar-refractivity contribution is 5.92. The number of aryl methyl sites for hydroxylation is 1. The summed E-state index contributed by atoms with van der Waals surface area (Å²) in [7, 11) is 0. The third-order valence-electron chi connectivity index (χ3n) is 2.53. The maximum absolute atomic E-state index is 11.6. The Morgan fingerprint density at radius 3 is 2.76 bits per heavy atom. The van der Waals surface area contributed by atoms with Gasteiger partial charge in [-0.1, -0.05) is 6.92 Å². The summed E-state index contributed by atoms with van der Waals surface area (Å²) in [4.78, 5) is 22.0. The van der Waals surface area contributed by atoms with Gasteiger partial charge in [-0.3, -0.25) is 9.59 Å². The lowest BCUT2D eigenvalue weighted by atomic mass is 10.1. The number of amides is 1. The van der Waals surface area contributed by atoms with Crippen molar-refractivity contribution in [3.8, 4) is 0 Å². The lowest BCUT2D eigenvalue weighted by Gasteiger charge is -2.10. The van der Waals surface area contributed by atoms with Crippen LogP contribution in [-0.4, -0.2) is 23.5 Å². The molecule has 5 nitrogen and oxygen atoms in total. The lowest BCUT2D eigenvalue weighted by Crippen LogP contribution is -2.28. The van der Waals surface area contributed by atoms with Crippen molar-refractivity contribution in [3.05, 3.63) is 23.7 Å². The van der Waals surface area contributed by atoms with Crippen LogP contribution in [0.5, 0.6) is 0 Å². The number of carboxylic acid groups (broad SMARTS) is 1. The van der Waals surface area contributed by atoms with Crippen molar-refractivity contribution >= 4 is 11.9 Å². The number of carbonyl (C=O) groups is 2. The maximum atomic E-state index is 11.6. The summed E-state index contributed by atoms with van der Waals surface area (Å²) < 4.78 is 5.05. The Hall–Kier alpha value is -1.78. The van der Waals surface area contributed by atoms with E-state index in [0.29, 0.717) is 18.7 Å². The van der Waals surface area contributed by atoms with Gasteiger partial charge in [-0.2, -0.15) is 0 Å². The molecule has 0 bridgehead atoms. The molecule has 5 heteroatoms. The Morgan fingerprint density at radius 2 is 2.24 bits per heavy atom. The van der Waals surface area contributed by atoms with Gasteiger partial charge in [0.05, 0.1) is 6.26 Å². The molecule has 0 aliphatic carbocycles. The van der Waals surface area contributed by atoms with Crippen LogP contribution in [0.1, 0.15) is 35.9 Å². The van der Waals surface area contributed by atoms with Crippen LogP contribution in [0.3, 0.4) is 0 Å². The highest BCUT2D eigenvalue weighted by Crippen LogP contribution is 2.09. The fraction of sp³-hybridized carbons (Fsp3) is 0.500. The summed E-state index contributed by atoms with van der Waals surface area (Å²) in [6, 6.07) is 1.72. The van der Waals surface area contributed by atoms with Gasteiger partial charge in [0.15, 0.2) is 5.76 Å². The van der Waals surface area contributed by atoms with Crippen molar-refractivity contribution < 1.29 is 19.1 Å². The van der Waals surface area contributed by atoms with Crippen LogP contribution < -0.4 is 5.32 Å². The molecule has 1 amide bonds. The SMILES string of the molecule is Cc1ccoc1C(=O)NCC(C)CCC(=O)O. The van der Waals surface area contributed by atoms with Gasteiger partial charge in [-0.25, -0.2) is 0 Å². The average Bonchev–Trinajstić information content (AvgIpc) is 2.69. The molecule has 1 aromatic rings. The fourth-order valence-electron chi connectivity index (χ4n) is 1.42. The number of furan rings is 1. The molecule has 17 heavy (non-hydrogen) atoms. The number of carbonyl (C=O) groups excluding carboxylic acids is 1. The van der Waals surface area contributed by atoms with E-state index >= 15 is 0 Å². The minimum Gasteiger partial charge on any atom is -0.481 e.